The molecule has 1 atom stereocenters. The summed E-state index contributed by atoms with van der Waals surface area (Å²) in [5.74, 6) is 0.0545. The first-order valence-corrected chi connectivity index (χ1v) is 7.16. The second kappa shape index (κ2) is 4.40. The van der Waals surface area contributed by atoms with E-state index in [1.54, 1.807) is 16.2 Å². The van der Waals surface area contributed by atoms with Crippen molar-refractivity contribution in [2.24, 2.45) is 0 Å². The van der Waals surface area contributed by atoms with Crippen LogP contribution in [0.25, 0.3) is 0 Å². The molecule has 5 heteroatoms. The molecule has 1 aliphatic heterocycles. The van der Waals surface area contributed by atoms with Gasteiger partial charge in [0, 0.05) is 17.6 Å². The van der Waals surface area contributed by atoms with Crippen LogP contribution in [0.15, 0.2) is 40.2 Å². The Labute approximate surface area is 118 Å². The van der Waals surface area contributed by atoms with E-state index in [0.29, 0.717) is 0 Å². The average Bonchev–Trinajstić information content (AvgIpc) is 2.80. The molecule has 0 saturated heterocycles. The van der Waals surface area contributed by atoms with E-state index in [2.05, 4.69) is 21.2 Å². The Morgan fingerprint density at radius 1 is 1.28 bits per heavy atom. The molecule has 0 spiro atoms. The summed E-state index contributed by atoms with van der Waals surface area (Å²) in [5.41, 5.74) is 1.63. The van der Waals surface area contributed by atoms with Gasteiger partial charge < -0.3 is 10.2 Å². The Kier molecular flexibility index (Phi) is 2.87. The quantitative estimate of drug-likeness (QED) is 0.868. The highest BCUT2D eigenvalue weighted by molar-refractivity contribution is 9.11. The van der Waals surface area contributed by atoms with Gasteiger partial charge in [-0.15, -0.1) is 11.3 Å². The van der Waals surface area contributed by atoms with E-state index in [-0.39, 0.29) is 12.1 Å². The van der Waals surface area contributed by atoms with Crippen LogP contribution in [0.4, 0.5) is 5.69 Å². The maximum Gasteiger partial charge on any atom is 0.257 e. The molecule has 3 nitrogen and oxygen atoms in total. The van der Waals surface area contributed by atoms with Crippen molar-refractivity contribution in [2.75, 3.05) is 12.4 Å². The molecule has 1 aromatic carbocycles. The summed E-state index contributed by atoms with van der Waals surface area (Å²) in [7, 11) is 1.82. The third kappa shape index (κ3) is 1.83. The maximum atomic E-state index is 12.3. The van der Waals surface area contributed by atoms with Crippen molar-refractivity contribution in [1.82, 2.24) is 4.90 Å². The number of hydrogen-bond donors (Lipinski definition) is 1. The number of fused-ring (bicyclic) bond motifs is 1. The first-order valence-electron chi connectivity index (χ1n) is 5.55. The number of benzene rings is 1. The van der Waals surface area contributed by atoms with E-state index >= 15 is 0 Å². The van der Waals surface area contributed by atoms with Crippen LogP contribution in [0.2, 0.25) is 0 Å². The number of nitrogens with zero attached hydrogens (tertiary/aromatic N) is 1. The summed E-state index contributed by atoms with van der Waals surface area (Å²) < 4.78 is 1.07. The van der Waals surface area contributed by atoms with Crippen LogP contribution < -0.4 is 5.32 Å². The van der Waals surface area contributed by atoms with Gasteiger partial charge in [-0.2, -0.15) is 0 Å². The van der Waals surface area contributed by atoms with Crippen molar-refractivity contribution in [1.29, 1.82) is 0 Å². The average molecular weight is 323 g/mol. The third-order valence-corrected chi connectivity index (χ3v) is 4.70. The molecule has 1 aliphatic rings. The topological polar surface area (TPSA) is 32.3 Å². The number of carbonyl (C=O) groups is 1. The molecule has 0 radical (unpaired) electrons. The van der Waals surface area contributed by atoms with Gasteiger partial charge in [-0.3, -0.25) is 4.79 Å². The molecular weight excluding hydrogens is 312 g/mol. The predicted octanol–water partition coefficient (Wildman–Crippen LogP) is 3.71. The van der Waals surface area contributed by atoms with Crippen LogP contribution in [0.3, 0.4) is 0 Å². The molecule has 3 rings (SSSR count). The van der Waals surface area contributed by atoms with Gasteiger partial charge in [0.2, 0.25) is 0 Å². The Balaban J connectivity index is 2.03. The summed E-state index contributed by atoms with van der Waals surface area (Å²) >= 11 is 5.09. The van der Waals surface area contributed by atoms with Crippen LogP contribution in [0.1, 0.15) is 21.4 Å². The fraction of sp³-hybridized carbons (Fsp3) is 0.154. The Bertz CT molecular complexity index is 611. The van der Waals surface area contributed by atoms with Crippen molar-refractivity contribution in [3.8, 4) is 0 Å². The van der Waals surface area contributed by atoms with E-state index in [1.165, 1.54) is 0 Å². The molecule has 18 heavy (non-hydrogen) atoms. The monoisotopic (exact) mass is 322 g/mol. The number of thiophene rings is 1. The number of rotatable bonds is 1. The van der Waals surface area contributed by atoms with Gasteiger partial charge in [0.05, 0.1) is 9.35 Å². The van der Waals surface area contributed by atoms with E-state index in [0.717, 1.165) is 19.9 Å². The Hall–Kier alpha value is -1.33. The fourth-order valence-electron chi connectivity index (χ4n) is 2.08. The van der Waals surface area contributed by atoms with Crippen molar-refractivity contribution in [2.45, 2.75) is 6.17 Å². The van der Waals surface area contributed by atoms with Crippen molar-refractivity contribution < 1.29 is 4.79 Å². The smallest absolute Gasteiger partial charge is 0.257 e. The number of para-hydroxylation sites is 1. The van der Waals surface area contributed by atoms with Gasteiger partial charge >= 0.3 is 0 Å². The lowest BCUT2D eigenvalue weighted by molar-refractivity contribution is 0.0738. The molecule has 2 heterocycles. The molecule has 0 aliphatic carbocycles. The summed E-state index contributed by atoms with van der Waals surface area (Å²) in [5, 5.41) is 3.40. The minimum absolute atomic E-state index is 0.0545. The molecule has 92 valence electrons. The molecule has 0 fully saturated rings. The molecule has 1 N–H and O–H groups in total. The van der Waals surface area contributed by atoms with Gasteiger partial charge in [-0.25, -0.2) is 0 Å². The minimum atomic E-state index is -0.0938. The van der Waals surface area contributed by atoms with Gasteiger partial charge in [0.15, 0.2) is 0 Å². The normalized spacial score (nSPS) is 18.4. The molecule has 0 bridgehead atoms. The molecule has 1 amide bonds. The van der Waals surface area contributed by atoms with Crippen LogP contribution in [-0.4, -0.2) is 17.9 Å². The molecule has 1 unspecified atom stereocenters. The van der Waals surface area contributed by atoms with E-state index in [4.69, 9.17) is 0 Å². The van der Waals surface area contributed by atoms with E-state index in [1.807, 2.05) is 43.4 Å². The van der Waals surface area contributed by atoms with Gasteiger partial charge in [-0.1, -0.05) is 12.1 Å². The lowest BCUT2D eigenvalue weighted by Gasteiger charge is -2.34. The molecule has 1 aromatic heterocycles. The number of halogens is 1. The van der Waals surface area contributed by atoms with Crippen molar-refractivity contribution in [3.63, 3.8) is 0 Å². The number of anilines is 1. The molecular formula is C13H11BrN2OS. The zero-order valence-corrected chi connectivity index (χ0v) is 12.1. The second-order valence-electron chi connectivity index (χ2n) is 4.15. The highest BCUT2D eigenvalue weighted by atomic mass is 79.9. The summed E-state index contributed by atoms with van der Waals surface area (Å²) in [6, 6.07) is 11.6. The summed E-state index contributed by atoms with van der Waals surface area (Å²) in [4.78, 5) is 15.1. The first kappa shape index (κ1) is 11.7. The highest BCUT2D eigenvalue weighted by Gasteiger charge is 2.30. The van der Waals surface area contributed by atoms with Crippen LogP contribution in [-0.2, 0) is 0 Å². The number of hydrogen-bond acceptors (Lipinski definition) is 3. The second-order valence-corrected chi connectivity index (χ2v) is 6.64. The predicted molar refractivity (Wildman–Crippen MR) is 76.9 cm³/mol. The zero-order valence-electron chi connectivity index (χ0n) is 9.68. The zero-order chi connectivity index (χ0) is 12.7. The largest absolute Gasteiger partial charge is 0.360 e. The van der Waals surface area contributed by atoms with Crippen molar-refractivity contribution >= 4 is 38.9 Å². The standard InChI is InChI=1S/C13H11BrN2OS/c1-16-12(10-6-7-11(14)18-10)15-9-5-3-2-4-8(9)13(16)17/h2-7,12,15H,1H3. The highest BCUT2D eigenvalue weighted by Crippen LogP contribution is 2.35. The Morgan fingerprint density at radius 2 is 2.06 bits per heavy atom. The number of nitrogens with one attached hydrogen (secondary N) is 1. The van der Waals surface area contributed by atoms with Gasteiger partial charge in [0.1, 0.15) is 6.17 Å². The van der Waals surface area contributed by atoms with Crippen molar-refractivity contribution in [3.05, 3.63) is 50.6 Å². The van der Waals surface area contributed by atoms with Gasteiger partial charge in [0.25, 0.3) is 5.91 Å². The summed E-state index contributed by atoms with van der Waals surface area (Å²) in [6.07, 6.45) is -0.0938. The third-order valence-electron chi connectivity index (χ3n) is 3.02. The first-order chi connectivity index (χ1) is 8.66. The number of amides is 1. The van der Waals surface area contributed by atoms with Crippen LogP contribution >= 0.6 is 27.3 Å². The maximum absolute atomic E-state index is 12.3. The van der Waals surface area contributed by atoms with Gasteiger partial charge in [-0.05, 0) is 40.2 Å². The molecule has 0 saturated carbocycles. The Morgan fingerprint density at radius 3 is 2.78 bits per heavy atom. The number of carbonyl (C=O) groups excluding carboxylic acids is 1. The lowest BCUT2D eigenvalue weighted by atomic mass is 10.1. The summed E-state index contributed by atoms with van der Waals surface area (Å²) in [6.45, 7) is 0. The van der Waals surface area contributed by atoms with Crippen LogP contribution in [0.5, 0.6) is 0 Å². The van der Waals surface area contributed by atoms with E-state index < -0.39 is 0 Å². The van der Waals surface area contributed by atoms with Crippen LogP contribution in [0, 0.1) is 0 Å². The van der Waals surface area contributed by atoms with E-state index in [9.17, 15) is 4.79 Å². The minimum Gasteiger partial charge on any atom is -0.360 e. The fourth-order valence-corrected chi connectivity index (χ4v) is 3.60. The lowest BCUT2D eigenvalue weighted by Crippen LogP contribution is -2.39. The molecule has 2 aromatic rings. The SMILES string of the molecule is CN1C(=O)c2ccccc2NC1c1ccc(Br)s1.